The standard InChI is InChI=1S/C16H18N2O2S/c1-11-18-14(10-21-11)7-16(19)17-8-12-6-13-4-2-3-5-15(13)20-9-12/h2-5,10,12H,6-9H2,1H3,(H,17,19)/t12-/m0/s1. The van der Waals surface area contributed by atoms with Crippen LogP contribution in [-0.2, 0) is 17.6 Å². The molecule has 0 unspecified atom stereocenters. The topological polar surface area (TPSA) is 51.2 Å². The Balaban J connectivity index is 1.49. The van der Waals surface area contributed by atoms with Gasteiger partial charge in [0.15, 0.2) is 0 Å². The maximum Gasteiger partial charge on any atom is 0.226 e. The number of benzene rings is 1. The lowest BCUT2D eigenvalue weighted by Crippen LogP contribution is -2.35. The summed E-state index contributed by atoms with van der Waals surface area (Å²) in [5, 5.41) is 5.92. The van der Waals surface area contributed by atoms with Gasteiger partial charge in [-0.2, -0.15) is 0 Å². The van der Waals surface area contributed by atoms with Crippen LogP contribution in [0.3, 0.4) is 0 Å². The van der Waals surface area contributed by atoms with Crippen molar-refractivity contribution in [3.05, 3.63) is 45.9 Å². The fourth-order valence-electron chi connectivity index (χ4n) is 2.50. The number of nitrogens with one attached hydrogen (secondary N) is 1. The SMILES string of the molecule is Cc1nc(CC(=O)NC[C@H]2COc3ccccc3C2)cs1. The Hall–Kier alpha value is -1.88. The Morgan fingerprint density at radius 3 is 3.14 bits per heavy atom. The molecule has 110 valence electrons. The number of fused-ring (bicyclic) bond motifs is 1. The van der Waals surface area contributed by atoms with Crippen LogP contribution in [0.1, 0.15) is 16.3 Å². The number of nitrogens with zero attached hydrogens (tertiary/aromatic N) is 1. The van der Waals surface area contributed by atoms with E-state index in [1.165, 1.54) is 5.56 Å². The third-order valence-electron chi connectivity index (χ3n) is 3.55. The lowest BCUT2D eigenvalue weighted by atomic mass is 9.97. The second-order valence-electron chi connectivity index (χ2n) is 5.33. The first-order valence-corrected chi connectivity index (χ1v) is 7.97. The molecule has 1 aromatic heterocycles. The number of carbonyl (C=O) groups is 1. The Bertz CT molecular complexity index is 639. The first-order chi connectivity index (χ1) is 10.2. The van der Waals surface area contributed by atoms with Crippen molar-refractivity contribution in [2.45, 2.75) is 19.8 Å². The van der Waals surface area contributed by atoms with Crippen molar-refractivity contribution in [1.82, 2.24) is 10.3 Å². The van der Waals surface area contributed by atoms with E-state index in [0.29, 0.717) is 25.5 Å². The zero-order chi connectivity index (χ0) is 14.7. The molecular formula is C16H18N2O2S. The van der Waals surface area contributed by atoms with Crippen LogP contribution in [0.4, 0.5) is 0 Å². The summed E-state index contributed by atoms with van der Waals surface area (Å²) < 4.78 is 5.73. The average Bonchev–Trinajstić information content (AvgIpc) is 2.90. The van der Waals surface area contributed by atoms with Gasteiger partial charge >= 0.3 is 0 Å². The van der Waals surface area contributed by atoms with Gasteiger partial charge in [-0.25, -0.2) is 4.98 Å². The van der Waals surface area contributed by atoms with Crippen molar-refractivity contribution >= 4 is 17.2 Å². The quantitative estimate of drug-likeness (QED) is 0.943. The third-order valence-corrected chi connectivity index (χ3v) is 4.37. The van der Waals surface area contributed by atoms with E-state index in [4.69, 9.17) is 4.74 Å². The van der Waals surface area contributed by atoms with Crippen LogP contribution < -0.4 is 10.1 Å². The third kappa shape index (κ3) is 3.61. The predicted molar refractivity (Wildman–Crippen MR) is 82.7 cm³/mol. The number of rotatable bonds is 4. The van der Waals surface area contributed by atoms with E-state index in [0.717, 1.165) is 22.9 Å². The number of hydrogen-bond donors (Lipinski definition) is 1. The Labute approximate surface area is 128 Å². The summed E-state index contributed by atoms with van der Waals surface area (Å²) >= 11 is 1.57. The number of aromatic nitrogens is 1. The highest BCUT2D eigenvalue weighted by Crippen LogP contribution is 2.26. The van der Waals surface area contributed by atoms with Crippen molar-refractivity contribution < 1.29 is 9.53 Å². The zero-order valence-electron chi connectivity index (χ0n) is 12.0. The van der Waals surface area contributed by atoms with Crippen LogP contribution in [0.15, 0.2) is 29.6 Å². The lowest BCUT2D eigenvalue weighted by molar-refractivity contribution is -0.120. The summed E-state index contributed by atoms with van der Waals surface area (Å²) in [7, 11) is 0. The van der Waals surface area contributed by atoms with Crippen LogP contribution in [0.5, 0.6) is 5.75 Å². The van der Waals surface area contributed by atoms with Crippen LogP contribution in [0.25, 0.3) is 0 Å². The predicted octanol–water partition coefficient (Wildman–Crippen LogP) is 2.36. The van der Waals surface area contributed by atoms with E-state index in [9.17, 15) is 4.79 Å². The highest BCUT2D eigenvalue weighted by atomic mass is 32.1. The van der Waals surface area contributed by atoms with Gasteiger partial charge in [0.05, 0.1) is 23.7 Å². The molecule has 0 saturated heterocycles. The molecule has 5 heteroatoms. The van der Waals surface area contributed by atoms with Gasteiger partial charge in [0.1, 0.15) is 5.75 Å². The van der Waals surface area contributed by atoms with E-state index in [-0.39, 0.29) is 5.91 Å². The molecule has 1 aromatic carbocycles. The van der Waals surface area contributed by atoms with Gasteiger partial charge in [0, 0.05) is 17.8 Å². The fourth-order valence-corrected chi connectivity index (χ4v) is 3.11. The molecule has 0 aliphatic carbocycles. The smallest absolute Gasteiger partial charge is 0.226 e. The highest BCUT2D eigenvalue weighted by Gasteiger charge is 2.20. The summed E-state index contributed by atoms with van der Waals surface area (Å²) in [6, 6.07) is 8.08. The van der Waals surface area contributed by atoms with E-state index in [2.05, 4.69) is 16.4 Å². The molecular weight excluding hydrogens is 284 g/mol. The van der Waals surface area contributed by atoms with Gasteiger partial charge in [-0.1, -0.05) is 18.2 Å². The van der Waals surface area contributed by atoms with Crippen molar-refractivity contribution in [1.29, 1.82) is 0 Å². The molecule has 1 aliphatic heterocycles. The maximum absolute atomic E-state index is 11.9. The molecule has 2 aromatic rings. The molecule has 3 rings (SSSR count). The van der Waals surface area contributed by atoms with Gasteiger partial charge in [0.2, 0.25) is 5.91 Å². The molecule has 1 atom stereocenters. The summed E-state index contributed by atoms with van der Waals surface area (Å²) in [6.07, 6.45) is 1.31. The second-order valence-corrected chi connectivity index (χ2v) is 6.39. The van der Waals surface area contributed by atoms with Gasteiger partial charge in [-0.3, -0.25) is 4.79 Å². The minimum Gasteiger partial charge on any atom is -0.493 e. The molecule has 0 bridgehead atoms. The average molecular weight is 302 g/mol. The molecule has 21 heavy (non-hydrogen) atoms. The van der Waals surface area contributed by atoms with Crippen LogP contribution in [0, 0.1) is 12.8 Å². The number of ether oxygens (including phenoxy) is 1. The molecule has 0 fully saturated rings. The summed E-state index contributed by atoms with van der Waals surface area (Å²) in [6.45, 7) is 3.26. The number of carbonyl (C=O) groups excluding carboxylic acids is 1. The van der Waals surface area contributed by atoms with E-state index in [1.54, 1.807) is 11.3 Å². The second kappa shape index (κ2) is 6.26. The normalized spacial score (nSPS) is 16.9. The molecule has 1 aliphatic rings. The number of para-hydroxylation sites is 1. The van der Waals surface area contributed by atoms with Crippen LogP contribution in [-0.4, -0.2) is 24.0 Å². The van der Waals surface area contributed by atoms with Gasteiger partial charge in [-0.15, -0.1) is 11.3 Å². The van der Waals surface area contributed by atoms with Crippen LogP contribution in [0.2, 0.25) is 0 Å². The van der Waals surface area contributed by atoms with E-state index >= 15 is 0 Å². The lowest BCUT2D eigenvalue weighted by Gasteiger charge is -2.25. The Kier molecular flexibility index (Phi) is 4.20. The highest BCUT2D eigenvalue weighted by molar-refractivity contribution is 7.09. The largest absolute Gasteiger partial charge is 0.493 e. The fraction of sp³-hybridized carbons (Fsp3) is 0.375. The first-order valence-electron chi connectivity index (χ1n) is 7.09. The van der Waals surface area contributed by atoms with Gasteiger partial charge in [0.25, 0.3) is 0 Å². The van der Waals surface area contributed by atoms with Crippen molar-refractivity contribution in [3.8, 4) is 5.75 Å². The number of thiazole rings is 1. The van der Waals surface area contributed by atoms with E-state index in [1.807, 2.05) is 30.5 Å². The zero-order valence-corrected chi connectivity index (χ0v) is 12.8. The minimum atomic E-state index is 0.0270. The van der Waals surface area contributed by atoms with Gasteiger partial charge in [-0.05, 0) is 25.0 Å². The molecule has 2 heterocycles. The molecule has 1 N–H and O–H groups in total. The molecule has 1 amide bonds. The Morgan fingerprint density at radius 1 is 1.48 bits per heavy atom. The molecule has 0 saturated carbocycles. The number of aryl methyl sites for hydroxylation is 1. The van der Waals surface area contributed by atoms with Crippen molar-refractivity contribution in [2.24, 2.45) is 5.92 Å². The molecule has 0 spiro atoms. The van der Waals surface area contributed by atoms with Crippen molar-refractivity contribution in [2.75, 3.05) is 13.2 Å². The van der Waals surface area contributed by atoms with Gasteiger partial charge < -0.3 is 10.1 Å². The van der Waals surface area contributed by atoms with Crippen LogP contribution >= 0.6 is 11.3 Å². The molecule has 4 nitrogen and oxygen atoms in total. The number of hydrogen-bond acceptors (Lipinski definition) is 4. The minimum absolute atomic E-state index is 0.0270. The Morgan fingerprint density at radius 2 is 2.33 bits per heavy atom. The molecule has 0 radical (unpaired) electrons. The summed E-state index contributed by atoms with van der Waals surface area (Å²) in [5.41, 5.74) is 2.07. The number of amides is 1. The van der Waals surface area contributed by atoms with Crippen molar-refractivity contribution in [3.63, 3.8) is 0 Å². The first kappa shape index (κ1) is 14.1. The van der Waals surface area contributed by atoms with E-state index < -0.39 is 0 Å². The maximum atomic E-state index is 11.9. The summed E-state index contributed by atoms with van der Waals surface area (Å²) in [4.78, 5) is 16.2. The summed E-state index contributed by atoms with van der Waals surface area (Å²) in [5.74, 6) is 1.33. The monoisotopic (exact) mass is 302 g/mol.